The van der Waals surface area contributed by atoms with Crippen molar-refractivity contribution in [3.63, 3.8) is 0 Å². The van der Waals surface area contributed by atoms with Crippen LogP contribution in [0.4, 0.5) is 10.1 Å². The molecule has 0 heterocycles. The minimum atomic E-state index is -0.385. The van der Waals surface area contributed by atoms with E-state index in [1.54, 1.807) is 6.07 Å². The Morgan fingerprint density at radius 1 is 1.14 bits per heavy atom. The molecule has 0 bridgehead atoms. The quantitative estimate of drug-likeness (QED) is 0.860. The first kappa shape index (κ1) is 15.8. The van der Waals surface area contributed by atoms with E-state index in [0.29, 0.717) is 0 Å². The van der Waals surface area contributed by atoms with Crippen molar-refractivity contribution in [1.29, 1.82) is 0 Å². The van der Waals surface area contributed by atoms with Gasteiger partial charge >= 0.3 is 0 Å². The van der Waals surface area contributed by atoms with Gasteiger partial charge in [-0.25, -0.2) is 4.39 Å². The molecule has 0 amide bonds. The van der Waals surface area contributed by atoms with Gasteiger partial charge in [-0.1, -0.05) is 29.8 Å². The zero-order valence-corrected chi connectivity index (χ0v) is 13.3. The van der Waals surface area contributed by atoms with Gasteiger partial charge in [0.05, 0.1) is 5.02 Å². The molecule has 2 nitrogen and oxygen atoms in total. The standard InChI is InChI=1S/C17H20ClFN2/c1-12(14-6-9-16(18)17(19)10-14)20-15-7-4-13(5-8-15)11-21(2)3/h4-10,12,20H,11H2,1-3H3. The van der Waals surface area contributed by atoms with Crippen molar-refractivity contribution in [2.75, 3.05) is 19.4 Å². The fourth-order valence-corrected chi connectivity index (χ4v) is 2.30. The second-order valence-corrected chi connectivity index (χ2v) is 5.88. The van der Waals surface area contributed by atoms with Crippen LogP contribution < -0.4 is 5.32 Å². The summed E-state index contributed by atoms with van der Waals surface area (Å²) >= 11 is 5.71. The van der Waals surface area contributed by atoms with Crippen molar-refractivity contribution in [3.8, 4) is 0 Å². The molecule has 21 heavy (non-hydrogen) atoms. The Labute approximate surface area is 130 Å². The monoisotopic (exact) mass is 306 g/mol. The van der Waals surface area contributed by atoms with Crippen LogP contribution in [0.1, 0.15) is 24.1 Å². The highest BCUT2D eigenvalue weighted by Crippen LogP contribution is 2.23. The number of anilines is 1. The first-order valence-corrected chi connectivity index (χ1v) is 7.28. The van der Waals surface area contributed by atoms with Crippen molar-refractivity contribution in [2.45, 2.75) is 19.5 Å². The predicted molar refractivity (Wildman–Crippen MR) is 87.3 cm³/mol. The van der Waals surface area contributed by atoms with Gasteiger partial charge in [0, 0.05) is 18.3 Å². The van der Waals surface area contributed by atoms with Crippen molar-refractivity contribution in [2.24, 2.45) is 0 Å². The van der Waals surface area contributed by atoms with Gasteiger partial charge in [0.15, 0.2) is 0 Å². The van der Waals surface area contributed by atoms with E-state index in [1.165, 1.54) is 11.6 Å². The van der Waals surface area contributed by atoms with E-state index < -0.39 is 0 Å². The molecule has 2 aromatic carbocycles. The minimum absolute atomic E-state index is 0.0106. The molecule has 0 saturated heterocycles. The smallest absolute Gasteiger partial charge is 0.142 e. The summed E-state index contributed by atoms with van der Waals surface area (Å²) in [5, 5.41) is 3.51. The second-order valence-electron chi connectivity index (χ2n) is 5.47. The van der Waals surface area contributed by atoms with E-state index in [4.69, 9.17) is 11.6 Å². The van der Waals surface area contributed by atoms with E-state index in [0.717, 1.165) is 17.8 Å². The molecule has 1 atom stereocenters. The summed E-state index contributed by atoms with van der Waals surface area (Å²) < 4.78 is 13.5. The lowest BCUT2D eigenvalue weighted by atomic mass is 10.1. The molecule has 0 aliphatic carbocycles. The highest BCUT2D eigenvalue weighted by Gasteiger charge is 2.08. The predicted octanol–water partition coefficient (Wildman–Crippen LogP) is 4.71. The third kappa shape index (κ3) is 4.45. The molecule has 0 radical (unpaired) electrons. The Kier molecular flexibility index (Phi) is 5.21. The van der Waals surface area contributed by atoms with Crippen molar-refractivity contribution >= 4 is 17.3 Å². The van der Waals surface area contributed by atoms with Crippen LogP contribution in [-0.2, 0) is 6.54 Å². The zero-order valence-electron chi connectivity index (χ0n) is 12.5. The number of halogens is 2. The molecule has 0 aromatic heterocycles. The molecule has 2 aromatic rings. The van der Waals surface area contributed by atoms with Crippen LogP contribution in [0.5, 0.6) is 0 Å². The fourth-order valence-electron chi connectivity index (χ4n) is 2.19. The third-order valence-electron chi connectivity index (χ3n) is 3.28. The summed E-state index contributed by atoms with van der Waals surface area (Å²) in [7, 11) is 4.09. The van der Waals surface area contributed by atoms with Crippen molar-refractivity contribution < 1.29 is 4.39 Å². The topological polar surface area (TPSA) is 15.3 Å². The van der Waals surface area contributed by atoms with Crippen LogP contribution in [0, 0.1) is 5.82 Å². The van der Waals surface area contributed by atoms with Crippen LogP contribution >= 0.6 is 11.6 Å². The molecule has 1 N–H and O–H groups in total. The molecule has 4 heteroatoms. The van der Waals surface area contributed by atoms with E-state index in [2.05, 4.69) is 22.3 Å². The molecule has 0 spiro atoms. The third-order valence-corrected chi connectivity index (χ3v) is 3.59. The average molecular weight is 307 g/mol. The van der Waals surface area contributed by atoms with Gasteiger partial charge in [-0.15, -0.1) is 0 Å². The van der Waals surface area contributed by atoms with Crippen LogP contribution in [0.25, 0.3) is 0 Å². The largest absolute Gasteiger partial charge is 0.379 e. The number of benzene rings is 2. The summed E-state index contributed by atoms with van der Waals surface area (Å²) in [6, 6.07) is 13.2. The Morgan fingerprint density at radius 2 is 1.81 bits per heavy atom. The SMILES string of the molecule is CC(Nc1ccc(CN(C)C)cc1)c1ccc(Cl)c(F)c1. The molecular weight excluding hydrogens is 287 g/mol. The molecule has 112 valence electrons. The average Bonchev–Trinajstić information content (AvgIpc) is 2.43. The maximum Gasteiger partial charge on any atom is 0.142 e. The van der Waals surface area contributed by atoms with Crippen LogP contribution in [-0.4, -0.2) is 19.0 Å². The normalized spacial score (nSPS) is 12.5. The lowest BCUT2D eigenvalue weighted by Gasteiger charge is -2.17. The second kappa shape index (κ2) is 6.92. The molecule has 0 aliphatic heterocycles. The molecular formula is C17H20ClFN2. The minimum Gasteiger partial charge on any atom is -0.379 e. The fraction of sp³-hybridized carbons (Fsp3) is 0.294. The first-order valence-electron chi connectivity index (χ1n) is 6.91. The van der Waals surface area contributed by atoms with Crippen LogP contribution in [0.2, 0.25) is 5.02 Å². The van der Waals surface area contributed by atoms with Crippen LogP contribution in [0.15, 0.2) is 42.5 Å². The van der Waals surface area contributed by atoms with E-state index in [9.17, 15) is 4.39 Å². The highest BCUT2D eigenvalue weighted by atomic mass is 35.5. The number of hydrogen-bond acceptors (Lipinski definition) is 2. The van der Waals surface area contributed by atoms with E-state index in [-0.39, 0.29) is 16.9 Å². The molecule has 2 rings (SSSR count). The Balaban J connectivity index is 2.04. The van der Waals surface area contributed by atoms with Gasteiger partial charge < -0.3 is 10.2 Å². The zero-order chi connectivity index (χ0) is 15.4. The summed E-state index contributed by atoms with van der Waals surface area (Å²) in [6.45, 7) is 2.91. The maximum absolute atomic E-state index is 13.5. The van der Waals surface area contributed by atoms with Crippen molar-refractivity contribution in [1.82, 2.24) is 4.90 Å². The lowest BCUT2D eigenvalue weighted by Crippen LogP contribution is -2.11. The van der Waals surface area contributed by atoms with Crippen molar-refractivity contribution in [3.05, 3.63) is 64.4 Å². The Hall–Kier alpha value is -1.58. The summed E-state index contributed by atoms with van der Waals surface area (Å²) in [5.41, 5.74) is 3.14. The maximum atomic E-state index is 13.5. The van der Waals surface area contributed by atoms with Gasteiger partial charge in [0.2, 0.25) is 0 Å². The number of nitrogens with zero attached hydrogens (tertiary/aromatic N) is 1. The van der Waals surface area contributed by atoms with Gasteiger partial charge in [-0.3, -0.25) is 0 Å². The van der Waals surface area contributed by atoms with Gasteiger partial charge in [0.25, 0.3) is 0 Å². The highest BCUT2D eigenvalue weighted by molar-refractivity contribution is 6.30. The number of rotatable bonds is 5. The first-order chi connectivity index (χ1) is 9.95. The Morgan fingerprint density at radius 3 is 2.38 bits per heavy atom. The summed E-state index contributed by atoms with van der Waals surface area (Å²) in [6.07, 6.45) is 0. The van der Waals surface area contributed by atoms with Crippen LogP contribution in [0.3, 0.4) is 0 Å². The van der Waals surface area contributed by atoms with Gasteiger partial charge in [0.1, 0.15) is 5.82 Å². The van der Waals surface area contributed by atoms with Gasteiger partial charge in [-0.2, -0.15) is 0 Å². The molecule has 0 fully saturated rings. The number of hydrogen-bond donors (Lipinski definition) is 1. The molecule has 0 aliphatic rings. The number of nitrogens with one attached hydrogen (secondary N) is 1. The molecule has 1 unspecified atom stereocenters. The lowest BCUT2D eigenvalue weighted by molar-refractivity contribution is 0.402. The van der Waals surface area contributed by atoms with Gasteiger partial charge in [-0.05, 0) is 56.4 Å². The molecule has 0 saturated carbocycles. The summed E-state index contributed by atoms with van der Waals surface area (Å²) in [4.78, 5) is 2.13. The Bertz CT molecular complexity index is 596. The van der Waals surface area contributed by atoms with E-state index in [1.807, 2.05) is 39.2 Å². The van der Waals surface area contributed by atoms with E-state index >= 15 is 0 Å². The summed E-state index contributed by atoms with van der Waals surface area (Å²) in [5.74, 6) is -0.385.